The molecule has 0 saturated carbocycles. The van der Waals surface area contributed by atoms with E-state index in [1.165, 1.54) is 12.1 Å². The number of hydrogen-bond donors (Lipinski definition) is 1. The summed E-state index contributed by atoms with van der Waals surface area (Å²) < 4.78 is 16.4. The molecule has 138 valence electrons. The number of carboxylic acid groups (broad SMARTS) is 1. The zero-order valence-electron chi connectivity index (χ0n) is 14.5. The molecule has 0 bridgehead atoms. The van der Waals surface area contributed by atoms with E-state index < -0.39 is 5.97 Å². The Bertz CT molecular complexity index is 776. The Kier molecular flexibility index (Phi) is 5.58. The molecule has 3 rings (SSSR count). The zero-order chi connectivity index (χ0) is 18.5. The molecule has 0 unspecified atom stereocenters. The van der Waals surface area contributed by atoms with E-state index >= 15 is 0 Å². The van der Waals surface area contributed by atoms with Crippen molar-refractivity contribution in [3.63, 3.8) is 0 Å². The first-order chi connectivity index (χ1) is 12.6. The zero-order valence-corrected chi connectivity index (χ0v) is 14.5. The van der Waals surface area contributed by atoms with Gasteiger partial charge in [0.25, 0.3) is 5.91 Å². The molecule has 1 aromatic carbocycles. The number of piperidine rings is 1. The van der Waals surface area contributed by atoms with Gasteiger partial charge in [-0.1, -0.05) is 18.2 Å². The quantitative estimate of drug-likeness (QED) is 0.853. The Balaban J connectivity index is 1.50. The van der Waals surface area contributed by atoms with Crippen molar-refractivity contribution in [2.24, 2.45) is 0 Å². The van der Waals surface area contributed by atoms with Gasteiger partial charge < -0.3 is 23.9 Å². The molecule has 1 fully saturated rings. The molecule has 7 heteroatoms. The summed E-state index contributed by atoms with van der Waals surface area (Å²) in [4.78, 5) is 24.9. The second-order valence-electron chi connectivity index (χ2n) is 6.08. The topological polar surface area (TPSA) is 89.2 Å². The van der Waals surface area contributed by atoms with Crippen molar-refractivity contribution in [1.82, 2.24) is 4.90 Å². The third-order valence-corrected chi connectivity index (χ3v) is 4.42. The van der Waals surface area contributed by atoms with Gasteiger partial charge in [0.2, 0.25) is 5.76 Å². The van der Waals surface area contributed by atoms with Crippen molar-refractivity contribution in [3.8, 4) is 5.75 Å². The Morgan fingerprint density at radius 2 is 1.85 bits per heavy atom. The average Bonchev–Trinajstić information content (AvgIpc) is 3.17. The summed E-state index contributed by atoms with van der Waals surface area (Å²) in [5, 5.41) is 8.87. The summed E-state index contributed by atoms with van der Waals surface area (Å²) in [6.07, 6.45) is 1.50. The third-order valence-electron chi connectivity index (χ3n) is 4.42. The van der Waals surface area contributed by atoms with Crippen LogP contribution in [-0.4, -0.2) is 48.2 Å². The van der Waals surface area contributed by atoms with Crippen molar-refractivity contribution in [3.05, 3.63) is 53.5 Å². The molecular weight excluding hydrogens is 338 g/mol. The van der Waals surface area contributed by atoms with Gasteiger partial charge in [0.05, 0.1) is 19.8 Å². The fourth-order valence-corrected chi connectivity index (χ4v) is 2.98. The third kappa shape index (κ3) is 4.05. The van der Waals surface area contributed by atoms with Gasteiger partial charge in [-0.3, -0.25) is 4.79 Å². The van der Waals surface area contributed by atoms with Crippen LogP contribution < -0.4 is 4.74 Å². The van der Waals surface area contributed by atoms with E-state index in [4.69, 9.17) is 19.0 Å². The number of ether oxygens (including phenoxy) is 2. The lowest BCUT2D eigenvalue weighted by atomic mass is 10.1. The van der Waals surface area contributed by atoms with E-state index in [0.29, 0.717) is 32.5 Å². The highest BCUT2D eigenvalue weighted by molar-refractivity contribution is 5.93. The van der Waals surface area contributed by atoms with Crippen molar-refractivity contribution in [2.75, 3.05) is 20.2 Å². The SMILES string of the molecule is COc1ccccc1COC1CCN(C(=O)c2ccc(C(=O)O)o2)CC1. The Labute approximate surface area is 151 Å². The van der Waals surface area contributed by atoms with Gasteiger partial charge in [-0.2, -0.15) is 0 Å². The van der Waals surface area contributed by atoms with Gasteiger partial charge in [-0.25, -0.2) is 4.79 Å². The number of carboxylic acids is 1. The summed E-state index contributed by atoms with van der Waals surface area (Å²) in [5.41, 5.74) is 0.991. The molecule has 1 aliphatic rings. The van der Waals surface area contributed by atoms with Crippen LogP contribution in [0.2, 0.25) is 0 Å². The maximum absolute atomic E-state index is 12.4. The van der Waals surface area contributed by atoms with Crippen molar-refractivity contribution >= 4 is 11.9 Å². The minimum atomic E-state index is -1.19. The second-order valence-corrected chi connectivity index (χ2v) is 6.08. The van der Waals surface area contributed by atoms with E-state index in [2.05, 4.69) is 0 Å². The van der Waals surface area contributed by atoms with Gasteiger partial charge in [-0.05, 0) is 31.0 Å². The van der Waals surface area contributed by atoms with Crippen molar-refractivity contribution in [1.29, 1.82) is 0 Å². The molecule has 1 aliphatic heterocycles. The highest BCUT2D eigenvalue weighted by Gasteiger charge is 2.26. The highest BCUT2D eigenvalue weighted by atomic mass is 16.5. The molecule has 1 amide bonds. The molecule has 2 heterocycles. The summed E-state index contributed by atoms with van der Waals surface area (Å²) in [6.45, 7) is 1.54. The van der Waals surface area contributed by atoms with Crippen LogP contribution in [-0.2, 0) is 11.3 Å². The average molecular weight is 359 g/mol. The lowest BCUT2D eigenvalue weighted by Gasteiger charge is -2.31. The number of hydrogen-bond acceptors (Lipinski definition) is 5. The standard InChI is InChI=1S/C19H21NO6/c1-24-15-5-3-2-4-13(15)12-25-14-8-10-20(11-9-14)18(21)16-6-7-17(26-16)19(22)23/h2-7,14H,8-12H2,1H3,(H,22,23). The lowest BCUT2D eigenvalue weighted by Crippen LogP contribution is -2.40. The lowest BCUT2D eigenvalue weighted by molar-refractivity contribution is -0.00163. The van der Waals surface area contributed by atoms with E-state index in [1.54, 1.807) is 12.0 Å². The Morgan fingerprint density at radius 1 is 1.15 bits per heavy atom. The van der Waals surface area contributed by atoms with Crippen LogP contribution >= 0.6 is 0 Å². The van der Waals surface area contributed by atoms with Crippen LogP contribution in [0.4, 0.5) is 0 Å². The molecular formula is C19H21NO6. The van der Waals surface area contributed by atoms with Gasteiger partial charge in [0, 0.05) is 18.7 Å². The maximum atomic E-state index is 12.4. The normalized spacial score (nSPS) is 15.0. The summed E-state index contributed by atoms with van der Waals surface area (Å²) in [6, 6.07) is 10.4. The molecule has 7 nitrogen and oxygen atoms in total. The number of methoxy groups -OCH3 is 1. The number of nitrogens with zero attached hydrogens (tertiary/aromatic N) is 1. The Morgan fingerprint density at radius 3 is 2.50 bits per heavy atom. The summed E-state index contributed by atoms with van der Waals surface area (Å²) in [5.74, 6) is -0.862. The molecule has 26 heavy (non-hydrogen) atoms. The molecule has 0 spiro atoms. The maximum Gasteiger partial charge on any atom is 0.371 e. The molecule has 2 aromatic rings. The van der Waals surface area contributed by atoms with Crippen molar-refractivity contribution < 1.29 is 28.6 Å². The van der Waals surface area contributed by atoms with E-state index in [1.807, 2.05) is 24.3 Å². The minimum Gasteiger partial charge on any atom is -0.496 e. The molecule has 1 saturated heterocycles. The van der Waals surface area contributed by atoms with Crippen LogP contribution in [0.25, 0.3) is 0 Å². The van der Waals surface area contributed by atoms with Gasteiger partial charge >= 0.3 is 5.97 Å². The smallest absolute Gasteiger partial charge is 0.371 e. The van der Waals surface area contributed by atoms with E-state index in [-0.39, 0.29) is 23.5 Å². The number of para-hydroxylation sites is 1. The predicted molar refractivity (Wildman–Crippen MR) is 92.4 cm³/mol. The van der Waals surface area contributed by atoms with Gasteiger partial charge in [0.15, 0.2) is 5.76 Å². The molecule has 0 radical (unpaired) electrons. The number of benzene rings is 1. The number of carbonyl (C=O) groups excluding carboxylic acids is 1. The van der Waals surface area contributed by atoms with E-state index in [9.17, 15) is 9.59 Å². The van der Waals surface area contributed by atoms with Crippen LogP contribution in [0, 0.1) is 0 Å². The first kappa shape index (κ1) is 18.0. The number of likely N-dealkylation sites (tertiary alicyclic amines) is 1. The minimum absolute atomic E-state index is 0.0517. The van der Waals surface area contributed by atoms with Crippen LogP contribution in [0.15, 0.2) is 40.8 Å². The summed E-state index contributed by atoms with van der Waals surface area (Å²) >= 11 is 0. The van der Waals surface area contributed by atoms with Crippen LogP contribution in [0.1, 0.15) is 39.5 Å². The predicted octanol–water partition coefficient (Wildman–Crippen LogP) is 2.81. The number of carbonyl (C=O) groups is 2. The Hall–Kier alpha value is -2.80. The number of rotatable bonds is 6. The molecule has 0 aliphatic carbocycles. The van der Waals surface area contributed by atoms with Crippen LogP contribution in [0.3, 0.4) is 0 Å². The first-order valence-electron chi connectivity index (χ1n) is 8.44. The largest absolute Gasteiger partial charge is 0.496 e. The molecule has 1 N–H and O–H groups in total. The van der Waals surface area contributed by atoms with Crippen LogP contribution in [0.5, 0.6) is 5.75 Å². The van der Waals surface area contributed by atoms with Crippen molar-refractivity contribution in [2.45, 2.75) is 25.6 Å². The number of amides is 1. The second kappa shape index (κ2) is 8.05. The monoisotopic (exact) mass is 359 g/mol. The van der Waals surface area contributed by atoms with Gasteiger partial charge in [0.1, 0.15) is 5.75 Å². The van der Waals surface area contributed by atoms with Gasteiger partial charge in [-0.15, -0.1) is 0 Å². The van der Waals surface area contributed by atoms with E-state index in [0.717, 1.165) is 11.3 Å². The molecule has 0 atom stereocenters. The summed E-state index contributed by atoms with van der Waals surface area (Å²) in [7, 11) is 1.63. The number of aromatic carboxylic acids is 1. The molecule has 1 aromatic heterocycles. The highest BCUT2D eigenvalue weighted by Crippen LogP contribution is 2.22. The first-order valence-corrected chi connectivity index (χ1v) is 8.44. The fraction of sp³-hybridized carbons (Fsp3) is 0.368. The number of furan rings is 1. The fourth-order valence-electron chi connectivity index (χ4n) is 2.98.